The van der Waals surface area contributed by atoms with E-state index < -0.39 is 47.8 Å². The van der Waals surface area contributed by atoms with Crippen molar-refractivity contribution in [2.75, 3.05) is 13.1 Å². The summed E-state index contributed by atoms with van der Waals surface area (Å²) in [6.07, 6.45) is 2.58. The minimum absolute atomic E-state index is 0.0395. The van der Waals surface area contributed by atoms with E-state index in [-0.39, 0.29) is 30.5 Å². The van der Waals surface area contributed by atoms with Gasteiger partial charge in [0.2, 0.25) is 23.6 Å². The molecule has 0 aromatic heterocycles. The molecule has 1 aliphatic heterocycles. The lowest BCUT2D eigenvalue weighted by Crippen LogP contribution is -2.59. The van der Waals surface area contributed by atoms with E-state index in [1.807, 2.05) is 0 Å². The highest BCUT2D eigenvalue weighted by atomic mass is 16.5. The smallest absolute Gasteiger partial charge is 0.266 e. The van der Waals surface area contributed by atoms with Crippen molar-refractivity contribution < 1.29 is 34.3 Å². The number of aromatic hydroxyl groups is 1. The topological polar surface area (TPSA) is 203 Å². The van der Waals surface area contributed by atoms with E-state index in [0.29, 0.717) is 44.2 Å². The molecule has 8 N–H and O–H groups in total. The fourth-order valence-electron chi connectivity index (χ4n) is 4.70. The minimum atomic E-state index is -1.10. The number of likely N-dealkylation sites (tertiary alicyclic amines) is 1. The highest BCUT2D eigenvalue weighted by Gasteiger charge is 2.39. The SMILES string of the molecule is CC(=O)N[C@@H](CCCCN)C(=O)N[C@H](C(=O)N[C@@H](Cc1ccc(O)cc1)C(=O)N1CCC[C@H]1C(=O)NO)C(C)C. The number of amides is 5. The van der Waals surface area contributed by atoms with Gasteiger partial charge in [0.05, 0.1) is 0 Å². The summed E-state index contributed by atoms with van der Waals surface area (Å²) in [7, 11) is 0. The molecule has 13 nitrogen and oxygen atoms in total. The number of hydrogen-bond donors (Lipinski definition) is 7. The van der Waals surface area contributed by atoms with Crippen molar-refractivity contribution in [3.8, 4) is 5.75 Å². The number of nitrogens with one attached hydrogen (secondary N) is 4. The number of nitrogens with zero attached hydrogens (tertiary/aromatic N) is 1. The van der Waals surface area contributed by atoms with Crippen molar-refractivity contribution in [3.05, 3.63) is 29.8 Å². The van der Waals surface area contributed by atoms with Crippen LogP contribution >= 0.6 is 0 Å². The summed E-state index contributed by atoms with van der Waals surface area (Å²) in [6, 6.07) is 2.29. The Morgan fingerprint density at radius 3 is 2.25 bits per heavy atom. The van der Waals surface area contributed by atoms with Gasteiger partial charge in [-0.2, -0.15) is 0 Å². The molecule has 1 aromatic carbocycles. The van der Waals surface area contributed by atoms with Gasteiger partial charge in [0.25, 0.3) is 5.91 Å². The molecule has 1 aromatic rings. The molecule has 0 aliphatic carbocycles. The zero-order valence-electron chi connectivity index (χ0n) is 23.3. The molecule has 0 bridgehead atoms. The first-order chi connectivity index (χ1) is 19.0. The van der Waals surface area contributed by atoms with Gasteiger partial charge >= 0.3 is 0 Å². The fourth-order valence-corrected chi connectivity index (χ4v) is 4.70. The van der Waals surface area contributed by atoms with E-state index in [2.05, 4.69) is 16.0 Å². The van der Waals surface area contributed by atoms with Gasteiger partial charge in [-0.15, -0.1) is 0 Å². The summed E-state index contributed by atoms with van der Waals surface area (Å²) in [5, 5.41) is 26.8. The van der Waals surface area contributed by atoms with Crippen LogP contribution in [0.2, 0.25) is 0 Å². The van der Waals surface area contributed by atoms with Crippen molar-refractivity contribution >= 4 is 29.5 Å². The first-order valence-corrected chi connectivity index (χ1v) is 13.6. The van der Waals surface area contributed by atoms with Crippen molar-refractivity contribution in [2.45, 2.75) is 83.5 Å². The summed E-state index contributed by atoms with van der Waals surface area (Å²) in [5.41, 5.74) is 7.78. The van der Waals surface area contributed by atoms with Crippen LogP contribution in [-0.2, 0) is 30.4 Å². The van der Waals surface area contributed by atoms with Crippen LogP contribution in [0.1, 0.15) is 58.4 Å². The third-order valence-electron chi connectivity index (χ3n) is 6.83. The predicted molar refractivity (Wildman–Crippen MR) is 146 cm³/mol. The van der Waals surface area contributed by atoms with E-state index in [1.165, 1.54) is 24.0 Å². The molecular weight excluding hydrogens is 520 g/mol. The van der Waals surface area contributed by atoms with Gasteiger partial charge < -0.3 is 31.7 Å². The number of carbonyl (C=O) groups excluding carboxylic acids is 5. The molecule has 1 aliphatic rings. The van der Waals surface area contributed by atoms with Crippen LogP contribution < -0.4 is 27.2 Å². The maximum Gasteiger partial charge on any atom is 0.266 e. The molecule has 1 heterocycles. The number of rotatable bonds is 14. The average molecular weight is 563 g/mol. The highest BCUT2D eigenvalue weighted by molar-refractivity contribution is 5.95. The lowest BCUT2D eigenvalue weighted by Gasteiger charge is -2.30. The number of benzene rings is 1. The Balaban J connectivity index is 2.27. The number of hydroxylamine groups is 1. The summed E-state index contributed by atoms with van der Waals surface area (Å²) < 4.78 is 0. The maximum absolute atomic E-state index is 13.6. The van der Waals surface area contributed by atoms with Crippen LogP contribution in [0, 0.1) is 5.92 Å². The Hall–Kier alpha value is -3.71. The largest absolute Gasteiger partial charge is 0.508 e. The molecule has 222 valence electrons. The molecule has 2 rings (SSSR count). The monoisotopic (exact) mass is 562 g/mol. The standard InChI is InChI=1S/C27H42N6O7/c1-16(2)23(31-24(36)20(29-17(3)34)7-4-5-13-28)26(38)30-21(15-18-9-11-19(35)12-10-18)27(39)33-14-6-8-22(33)25(37)32-40/h9-12,16,20-23,35,40H,4-8,13-15,28H2,1-3H3,(H,29,34)(H,30,38)(H,31,36)(H,32,37)/t20-,21-,22-,23-/m0/s1. The molecular formula is C27H42N6O7. The first-order valence-electron chi connectivity index (χ1n) is 13.6. The molecule has 0 spiro atoms. The molecule has 1 saturated heterocycles. The number of phenols is 1. The fraction of sp³-hybridized carbons (Fsp3) is 0.593. The Bertz CT molecular complexity index is 1030. The van der Waals surface area contributed by atoms with E-state index in [0.717, 1.165) is 0 Å². The first kappa shape index (κ1) is 32.5. The van der Waals surface area contributed by atoms with Gasteiger partial charge in [0.1, 0.15) is 29.9 Å². The third kappa shape index (κ3) is 9.49. The molecule has 0 radical (unpaired) electrons. The van der Waals surface area contributed by atoms with Gasteiger partial charge in [-0.05, 0) is 62.3 Å². The Morgan fingerprint density at radius 1 is 1.00 bits per heavy atom. The second-order valence-electron chi connectivity index (χ2n) is 10.4. The van der Waals surface area contributed by atoms with Gasteiger partial charge in [-0.25, -0.2) is 5.48 Å². The second-order valence-corrected chi connectivity index (χ2v) is 10.4. The number of phenolic OH excluding ortho intramolecular Hbond substituents is 1. The average Bonchev–Trinajstić information content (AvgIpc) is 3.40. The summed E-state index contributed by atoms with van der Waals surface area (Å²) >= 11 is 0. The number of hydrogen-bond acceptors (Lipinski definition) is 8. The lowest BCUT2D eigenvalue weighted by molar-refractivity contribution is -0.144. The van der Waals surface area contributed by atoms with Crippen LogP contribution in [0.15, 0.2) is 24.3 Å². The Morgan fingerprint density at radius 2 is 1.68 bits per heavy atom. The van der Waals surface area contributed by atoms with Crippen molar-refractivity contribution in [1.82, 2.24) is 26.3 Å². The Labute approximate surface area is 234 Å². The lowest BCUT2D eigenvalue weighted by atomic mass is 9.99. The van der Waals surface area contributed by atoms with E-state index in [4.69, 9.17) is 10.9 Å². The molecule has 1 fully saturated rings. The quantitative estimate of drug-likeness (QED) is 0.0908. The number of nitrogens with two attached hydrogens (primary N) is 1. The minimum Gasteiger partial charge on any atom is -0.508 e. The van der Waals surface area contributed by atoms with Crippen molar-refractivity contribution in [2.24, 2.45) is 11.7 Å². The van der Waals surface area contributed by atoms with Crippen molar-refractivity contribution in [1.29, 1.82) is 0 Å². The maximum atomic E-state index is 13.6. The molecule has 13 heteroatoms. The van der Waals surface area contributed by atoms with Gasteiger partial charge in [0.15, 0.2) is 0 Å². The van der Waals surface area contributed by atoms with Gasteiger partial charge in [-0.3, -0.25) is 29.2 Å². The van der Waals surface area contributed by atoms with Crippen LogP contribution in [0.4, 0.5) is 0 Å². The molecule has 4 atom stereocenters. The van der Waals surface area contributed by atoms with Crippen LogP contribution in [0.25, 0.3) is 0 Å². The summed E-state index contributed by atoms with van der Waals surface area (Å²) in [4.78, 5) is 65.4. The third-order valence-corrected chi connectivity index (χ3v) is 6.83. The second kappa shape index (κ2) is 15.8. The van der Waals surface area contributed by atoms with E-state index in [9.17, 15) is 29.1 Å². The molecule has 5 amide bonds. The predicted octanol–water partition coefficient (Wildman–Crippen LogP) is -0.310. The highest BCUT2D eigenvalue weighted by Crippen LogP contribution is 2.20. The van der Waals surface area contributed by atoms with Gasteiger partial charge in [0, 0.05) is 19.9 Å². The molecule has 0 saturated carbocycles. The van der Waals surface area contributed by atoms with Crippen LogP contribution in [0.3, 0.4) is 0 Å². The zero-order chi connectivity index (χ0) is 29.8. The normalized spacial score (nSPS) is 17.1. The summed E-state index contributed by atoms with van der Waals surface area (Å²) in [5.74, 6) is -3.07. The van der Waals surface area contributed by atoms with Crippen LogP contribution in [-0.4, -0.2) is 82.0 Å². The molecule has 40 heavy (non-hydrogen) atoms. The Kier molecular flexibility index (Phi) is 12.8. The van der Waals surface area contributed by atoms with E-state index >= 15 is 0 Å². The van der Waals surface area contributed by atoms with Crippen LogP contribution in [0.5, 0.6) is 5.75 Å². The number of unbranched alkanes of at least 4 members (excludes halogenated alkanes) is 1. The summed E-state index contributed by atoms with van der Waals surface area (Å²) in [6.45, 7) is 5.50. The van der Waals surface area contributed by atoms with Gasteiger partial charge in [-0.1, -0.05) is 26.0 Å². The number of carbonyl (C=O) groups is 5. The van der Waals surface area contributed by atoms with E-state index in [1.54, 1.807) is 31.5 Å². The molecule has 0 unspecified atom stereocenters. The zero-order valence-corrected chi connectivity index (χ0v) is 23.3. The van der Waals surface area contributed by atoms with Crippen molar-refractivity contribution in [3.63, 3.8) is 0 Å².